The standard InChI is InChI=1S/C13H13N3O4/c17-16(18)7-1-3-9-12(5-7)20-13(14-9)15-10-6-8-2-4-11(10)19-8/h1,3,5,8,10-11H,2,4,6H2,(H,14,15). The molecule has 4 rings (SSSR count). The zero-order valence-corrected chi connectivity index (χ0v) is 10.6. The number of nitrogens with zero attached hydrogens (tertiary/aromatic N) is 2. The number of benzene rings is 1. The topological polar surface area (TPSA) is 90.4 Å². The fourth-order valence-electron chi connectivity index (χ4n) is 3.04. The van der Waals surface area contributed by atoms with Crippen LogP contribution in [0.1, 0.15) is 19.3 Å². The van der Waals surface area contributed by atoms with E-state index >= 15 is 0 Å². The number of ether oxygens (including phenoxy) is 1. The molecule has 7 heteroatoms. The van der Waals surface area contributed by atoms with Crippen LogP contribution in [0.25, 0.3) is 11.1 Å². The molecule has 2 bridgehead atoms. The molecule has 2 saturated heterocycles. The average Bonchev–Trinajstić information content (AvgIpc) is 3.11. The predicted octanol–water partition coefficient (Wildman–Crippen LogP) is 2.47. The van der Waals surface area contributed by atoms with Crippen LogP contribution in [0.2, 0.25) is 0 Å². The van der Waals surface area contributed by atoms with Gasteiger partial charge in [0.1, 0.15) is 5.52 Å². The van der Waals surface area contributed by atoms with E-state index in [9.17, 15) is 10.1 Å². The van der Waals surface area contributed by atoms with Crippen molar-refractivity contribution in [2.45, 2.75) is 37.5 Å². The van der Waals surface area contributed by atoms with E-state index in [0.717, 1.165) is 19.3 Å². The van der Waals surface area contributed by atoms with Crippen molar-refractivity contribution >= 4 is 22.8 Å². The third-order valence-corrected chi connectivity index (χ3v) is 4.00. The van der Waals surface area contributed by atoms with E-state index in [-0.39, 0.29) is 17.8 Å². The highest BCUT2D eigenvalue weighted by molar-refractivity contribution is 5.77. The van der Waals surface area contributed by atoms with Gasteiger partial charge in [-0.1, -0.05) is 0 Å². The summed E-state index contributed by atoms with van der Waals surface area (Å²) in [6, 6.07) is 5.04. The quantitative estimate of drug-likeness (QED) is 0.683. The first kappa shape index (κ1) is 11.7. The van der Waals surface area contributed by atoms with Crippen molar-refractivity contribution in [1.82, 2.24) is 4.98 Å². The molecule has 2 aromatic rings. The first-order valence-electron chi connectivity index (χ1n) is 6.66. The van der Waals surface area contributed by atoms with E-state index in [4.69, 9.17) is 9.15 Å². The van der Waals surface area contributed by atoms with Crippen molar-refractivity contribution in [2.24, 2.45) is 0 Å². The van der Waals surface area contributed by atoms with E-state index in [2.05, 4.69) is 10.3 Å². The van der Waals surface area contributed by atoms with Crippen LogP contribution >= 0.6 is 0 Å². The molecule has 0 amide bonds. The number of rotatable bonds is 3. The molecular weight excluding hydrogens is 262 g/mol. The zero-order valence-electron chi connectivity index (χ0n) is 10.6. The van der Waals surface area contributed by atoms with Gasteiger partial charge in [-0.2, -0.15) is 4.98 Å². The van der Waals surface area contributed by atoms with Gasteiger partial charge in [-0.05, 0) is 25.3 Å². The summed E-state index contributed by atoms with van der Waals surface area (Å²) >= 11 is 0. The first-order valence-corrected chi connectivity index (χ1v) is 6.66. The van der Waals surface area contributed by atoms with E-state index in [1.807, 2.05) is 0 Å². The van der Waals surface area contributed by atoms with Gasteiger partial charge in [0.15, 0.2) is 5.58 Å². The van der Waals surface area contributed by atoms with Crippen molar-refractivity contribution in [2.75, 3.05) is 5.32 Å². The second-order valence-electron chi connectivity index (χ2n) is 5.29. The summed E-state index contributed by atoms with van der Waals surface area (Å²) < 4.78 is 11.3. The van der Waals surface area contributed by atoms with E-state index in [1.165, 1.54) is 12.1 Å². The molecule has 104 valence electrons. The third kappa shape index (κ3) is 1.82. The molecule has 3 heterocycles. The number of oxazole rings is 1. The highest BCUT2D eigenvalue weighted by Gasteiger charge is 2.41. The maximum absolute atomic E-state index is 10.7. The number of nitro groups is 1. The minimum Gasteiger partial charge on any atom is -0.423 e. The third-order valence-electron chi connectivity index (χ3n) is 4.00. The predicted molar refractivity (Wildman–Crippen MR) is 70.6 cm³/mol. The number of hydrogen-bond acceptors (Lipinski definition) is 6. The Hall–Kier alpha value is -2.15. The lowest BCUT2D eigenvalue weighted by Crippen LogP contribution is -2.30. The van der Waals surface area contributed by atoms with Crippen molar-refractivity contribution < 1.29 is 14.1 Å². The number of hydrogen-bond donors (Lipinski definition) is 1. The van der Waals surface area contributed by atoms with Crippen LogP contribution in [0.4, 0.5) is 11.7 Å². The zero-order chi connectivity index (χ0) is 13.7. The largest absolute Gasteiger partial charge is 0.423 e. The highest BCUT2D eigenvalue weighted by atomic mass is 16.6. The normalized spacial score (nSPS) is 28.1. The van der Waals surface area contributed by atoms with Gasteiger partial charge < -0.3 is 14.5 Å². The number of nitro benzene ring substituents is 1. The summed E-state index contributed by atoms with van der Waals surface area (Å²) in [6.07, 6.45) is 3.73. The van der Waals surface area contributed by atoms with Crippen LogP contribution in [-0.2, 0) is 4.74 Å². The van der Waals surface area contributed by atoms with Gasteiger partial charge >= 0.3 is 0 Å². The lowest BCUT2D eigenvalue weighted by atomic mass is 9.96. The number of aromatic nitrogens is 1. The Morgan fingerprint density at radius 3 is 3.00 bits per heavy atom. The molecule has 20 heavy (non-hydrogen) atoms. The summed E-state index contributed by atoms with van der Waals surface area (Å²) in [5.41, 5.74) is 1.04. The van der Waals surface area contributed by atoms with Crippen molar-refractivity contribution in [3.63, 3.8) is 0 Å². The molecular formula is C13H13N3O4. The van der Waals surface area contributed by atoms with E-state index in [1.54, 1.807) is 6.07 Å². The van der Waals surface area contributed by atoms with Crippen molar-refractivity contribution in [3.05, 3.63) is 28.3 Å². The average molecular weight is 275 g/mol. The summed E-state index contributed by atoms with van der Waals surface area (Å²) in [6.45, 7) is 0. The fraction of sp³-hybridized carbons (Fsp3) is 0.462. The van der Waals surface area contributed by atoms with Gasteiger partial charge in [-0.3, -0.25) is 10.1 Å². The van der Waals surface area contributed by atoms with E-state index < -0.39 is 4.92 Å². The molecule has 1 N–H and O–H groups in total. The number of nitrogens with one attached hydrogen (secondary N) is 1. The van der Waals surface area contributed by atoms with Gasteiger partial charge in [0.25, 0.3) is 11.7 Å². The van der Waals surface area contributed by atoms with Crippen LogP contribution in [-0.4, -0.2) is 28.2 Å². The molecule has 0 spiro atoms. The van der Waals surface area contributed by atoms with E-state index in [0.29, 0.717) is 23.2 Å². The Kier molecular flexibility index (Phi) is 2.43. The number of anilines is 1. The SMILES string of the molecule is O=[N+]([O-])c1ccc2nc(NC3CC4CCC3O4)oc2c1. The monoisotopic (exact) mass is 275 g/mol. The lowest BCUT2D eigenvalue weighted by Gasteiger charge is -2.18. The number of non-ortho nitro benzene ring substituents is 1. The fourth-order valence-corrected chi connectivity index (χ4v) is 3.04. The first-order chi connectivity index (χ1) is 9.69. The minimum atomic E-state index is -0.446. The van der Waals surface area contributed by atoms with Crippen molar-refractivity contribution in [3.8, 4) is 0 Å². The van der Waals surface area contributed by atoms with Crippen LogP contribution < -0.4 is 5.32 Å². The highest BCUT2D eigenvalue weighted by Crippen LogP contribution is 2.36. The molecule has 3 unspecified atom stereocenters. The maximum Gasteiger partial charge on any atom is 0.296 e. The molecule has 2 aliphatic heterocycles. The number of fused-ring (bicyclic) bond motifs is 3. The van der Waals surface area contributed by atoms with Gasteiger partial charge in [-0.15, -0.1) is 0 Å². The van der Waals surface area contributed by atoms with Crippen LogP contribution in [0.15, 0.2) is 22.6 Å². The molecule has 0 saturated carbocycles. The Balaban J connectivity index is 1.59. The summed E-state index contributed by atoms with van der Waals surface area (Å²) in [5.74, 6) is 0. The minimum absolute atomic E-state index is 0.00320. The lowest BCUT2D eigenvalue weighted by molar-refractivity contribution is -0.384. The van der Waals surface area contributed by atoms with Crippen LogP contribution in [0.3, 0.4) is 0 Å². The molecule has 7 nitrogen and oxygen atoms in total. The smallest absolute Gasteiger partial charge is 0.296 e. The Bertz CT molecular complexity index is 683. The maximum atomic E-state index is 10.7. The summed E-state index contributed by atoms with van der Waals surface area (Å²) in [7, 11) is 0. The molecule has 0 radical (unpaired) electrons. The summed E-state index contributed by atoms with van der Waals surface area (Å²) in [5, 5.41) is 14.0. The molecule has 0 aliphatic carbocycles. The molecule has 2 aliphatic rings. The van der Waals surface area contributed by atoms with Crippen molar-refractivity contribution in [1.29, 1.82) is 0 Å². The Labute approximate surface area is 114 Å². The van der Waals surface area contributed by atoms with Gasteiger partial charge in [0.05, 0.1) is 29.2 Å². The Morgan fingerprint density at radius 1 is 1.40 bits per heavy atom. The molecule has 1 aromatic carbocycles. The molecule has 1 aromatic heterocycles. The molecule has 3 atom stereocenters. The van der Waals surface area contributed by atoms with Crippen LogP contribution in [0, 0.1) is 10.1 Å². The van der Waals surface area contributed by atoms with Crippen LogP contribution in [0.5, 0.6) is 0 Å². The second-order valence-corrected chi connectivity index (χ2v) is 5.29. The van der Waals surface area contributed by atoms with Gasteiger partial charge in [0, 0.05) is 6.07 Å². The van der Waals surface area contributed by atoms with Gasteiger partial charge in [-0.25, -0.2) is 0 Å². The molecule has 2 fully saturated rings. The summed E-state index contributed by atoms with van der Waals surface area (Å²) in [4.78, 5) is 14.6. The Morgan fingerprint density at radius 2 is 2.30 bits per heavy atom. The second kappa shape index (κ2) is 4.17. The van der Waals surface area contributed by atoms with Gasteiger partial charge in [0.2, 0.25) is 0 Å².